The Bertz CT molecular complexity index is 699. The highest BCUT2D eigenvalue weighted by Crippen LogP contribution is 2.26. The minimum Gasteiger partial charge on any atom is -0.384 e. The van der Waals surface area contributed by atoms with Crippen molar-refractivity contribution in [1.82, 2.24) is 9.88 Å². The van der Waals surface area contributed by atoms with Crippen LogP contribution in [0.3, 0.4) is 0 Å². The zero-order valence-corrected chi connectivity index (χ0v) is 14.2. The van der Waals surface area contributed by atoms with Crippen molar-refractivity contribution >= 4 is 23.1 Å². The lowest BCUT2D eigenvalue weighted by atomic mass is 10.1. The summed E-state index contributed by atoms with van der Waals surface area (Å²) in [5.74, 6) is 0.967. The molecule has 3 rings (SSSR count). The number of hydrogen-bond acceptors (Lipinski definition) is 5. The van der Waals surface area contributed by atoms with Gasteiger partial charge in [0.25, 0.3) is 5.91 Å². The number of pyridine rings is 1. The van der Waals surface area contributed by atoms with Gasteiger partial charge in [0.05, 0.1) is 24.4 Å². The number of nitrogen functional groups attached to an aromatic ring is 1. The highest BCUT2D eigenvalue weighted by atomic mass is 32.1. The normalized spacial score (nSPS) is 18.4. The zero-order chi connectivity index (χ0) is 16.4. The molecule has 122 valence electrons. The summed E-state index contributed by atoms with van der Waals surface area (Å²) in [5, 5.41) is 1.95. The average Bonchev–Trinajstić information content (AvgIpc) is 3.04. The van der Waals surface area contributed by atoms with E-state index in [4.69, 9.17) is 10.5 Å². The number of amides is 1. The van der Waals surface area contributed by atoms with Gasteiger partial charge >= 0.3 is 0 Å². The fourth-order valence-corrected chi connectivity index (χ4v) is 3.51. The van der Waals surface area contributed by atoms with Crippen molar-refractivity contribution in [3.8, 4) is 0 Å². The van der Waals surface area contributed by atoms with Gasteiger partial charge in [-0.25, -0.2) is 4.98 Å². The van der Waals surface area contributed by atoms with Crippen LogP contribution in [0.25, 0.3) is 0 Å². The molecule has 0 aromatic carbocycles. The lowest BCUT2D eigenvalue weighted by Gasteiger charge is -2.32. The Labute approximate surface area is 140 Å². The monoisotopic (exact) mass is 331 g/mol. The number of thiophene rings is 1. The Hall–Kier alpha value is -1.92. The maximum atomic E-state index is 12.7. The number of aromatic nitrogens is 1. The van der Waals surface area contributed by atoms with Crippen LogP contribution in [0, 0.1) is 0 Å². The van der Waals surface area contributed by atoms with Gasteiger partial charge in [0.15, 0.2) is 0 Å². The summed E-state index contributed by atoms with van der Waals surface area (Å²) < 4.78 is 5.77. The van der Waals surface area contributed by atoms with E-state index < -0.39 is 0 Å². The van der Waals surface area contributed by atoms with Crippen molar-refractivity contribution in [3.05, 3.63) is 45.8 Å². The van der Waals surface area contributed by atoms with Gasteiger partial charge < -0.3 is 15.4 Å². The molecule has 1 aliphatic rings. The molecule has 0 bridgehead atoms. The third kappa shape index (κ3) is 3.54. The van der Waals surface area contributed by atoms with Gasteiger partial charge in [-0.3, -0.25) is 4.79 Å². The van der Waals surface area contributed by atoms with Crippen LogP contribution in [-0.2, 0) is 4.74 Å². The predicted octanol–water partition coefficient (Wildman–Crippen LogP) is 3.06. The van der Waals surface area contributed by atoms with Crippen molar-refractivity contribution in [1.29, 1.82) is 0 Å². The highest BCUT2D eigenvalue weighted by Gasteiger charge is 2.27. The summed E-state index contributed by atoms with van der Waals surface area (Å²) in [6, 6.07) is 7.49. The van der Waals surface area contributed by atoms with Gasteiger partial charge in [0.1, 0.15) is 11.9 Å². The van der Waals surface area contributed by atoms with Gasteiger partial charge in [0, 0.05) is 16.8 Å². The van der Waals surface area contributed by atoms with Crippen LogP contribution in [0.5, 0.6) is 0 Å². The van der Waals surface area contributed by atoms with E-state index >= 15 is 0 Å². The largest absolute Gasteiger partial charge is 0.384 e. The zero-order valence-electron chi connectivity index (χ0n) is 13.4. The van der Waals surface area contributed by atoms with Crippen LogP contribution in [0.15, 0.2) is 29.6 Å². The van der Waals surface area contributed by atoms with E-state index in [1.807, 2.05) is 28.5 Å². The Morgan fingerprint density at radius 1 is 1.48 bits per heavy atom. The predicted molar refractivity (Wildman–Crippen MR) is 91.7 cm³/mol. The van der Waals surface area contributed by atoms with Crippen molar-refractivity contribution in [2.24, 2.45) is 0 Å². The molecule has 3 heterocycles. The Kier molecular flexibility index (Phi) is 4.63. The van der Waals surface area contributed by atoms with Gasteiger partial charge in [-0.05, 0) is 24.1 Å². The second-order valence-corrected chi connectivity index (χ2v) is 6.93. The quantitative estimate of drug-likeness (QED) is 0.938. The minimum atomic E-state index is -0.223. The van der Waals surface area contributed by atoms with E-state index in [1.165, 1.54) is 4.88 Å². The van der Waals surface area contributed by atoms with Crippen molar-refractivity contribution in [3.63, 3.8) is 0 Å². The molecule has 0 saturated carbocycles. The molecule has 2 aromatic rings. The van der Waals surface area contributed by atoms with Crippen LogP contribution < -0.4 is 5.73 Å². The number of hydrogen-bond donors (Lipinski definition) is 1. The first kappa shape index (κ1) is 16.0. The molecule has 1 aliphatic heterocycles. The summed E-state index contributed by atoms with van der Waals surface area (Å²) in [6.07, 6.45) is -0.223. The number of rotatable bonds is 3. The molecule has 1 atom stereocenters. The van der Waals surface area contributed by atoms with Crippen LogP contribution in [-0.4, -0.2) is 35.5 Å². The Morgan fingerprint density at radius 2 is 2.30 bits per heavy atom. The summed E-state index contributed by atoms with van der Waals surface area (Å²) >= 11 is 1.64. The SMILES string of the molecule is CC(C)c1cc(C(=O)N2CCOC(c3cccc(N)n3)C2)cs1. The first-order valence-electron chi connectivity index (χ1n) is 7.76. The molecule has 6 heteroatoms. The van der Waals surface area contributed by atoms with E-state index in [2.05, 4.69) is 18.8 Å². The Morgan fingerprint density at radius 3 is 3.00 bits per heavy atom. The first-order chi connectivity index (χ1) is 11.0. The van der Waals surface area contributed by atoms with Crippen LogP contribution in [0.4, 0.5) is 5.82 Å². The molecule has 5 nitrogen and oxygen atoms in total. The molecule has 2 aromatic heterocycles. The number of nitrogens with zero attached hydrogens (tertiary/aromatic N) is 2. The lowest BCUT2D eigenvalue weighted by molar-refractivity contribution is -0.0246. The fourth-order valence-electron chi connectivity index (χ4n) is 2.61. The van der Waals surface area contributed by atoms with E-state index in [-0.39, 0.29) is 12.0 Å². The lowest BCUT2D eigenvalue weighted by Crippen LogP contribution is -2.42. The molecule has 2 N–H and O–H groups in total. The standard InChI is InChI=1S/C17H21N3O2S/c1-11(2)15-8-12(10-23-15)17(21)20-6-7-22-14(9-20)13-4-3-5-16(18)19-13/h3-5,8,10-11,14H,6-7,9H2,1-2H3,(H2,18,19). The van der Waals surface area contributed by atoms with E-state index in [0.29, 0.717) is 31.4 Å². The number of ether oxygens (including phenoxy) is 1. The maximum Gasteiger partial charge on any atom is 0.254 e. The summed E-state index contributed by atoms with van der Waals surface area (Å²) in [4.78, 5) is 20.1. The van der Waals surface area contributed by atoms with Gasteiger partial charge in [-0.2, -0.15) is 0 Å². The number of morpholine rings is 1. The molecule has 1 amide bonds. The van der Waals surface area contributed by atoms with E-state index in [0.717, 1.165) is 11.3 Å². The molecule has 1 unspecified atom stereocenters. The maximum absolute atomic E-state index is 12.7. The van der Waals surface area contributed by atoms with Gasteiger partial charge in [-0.1, -0.05) is 19.9 Å². The molecule has 0 aliphatic carbocycles. The number of anilines is 1. The minimum absolute atomic E-state index is 0.0605. The second kappa shape index (κ2) is 6.68. The van der Waals surface area contributed by atoms with Crippen LogP contribution in [0.1, 0.15) is 46.8 Å². The smallest absolute Gasteiger partial charge is 0.254 e. The fraction of sp³-hybridized carbons (Fsp3) is 0.412. The number of carbonyl (C=O) groups is 1. The van der Waals surface area contributed by atoms with Crippen molar-refractivity contribution in [2.45, 2.75) is 25.9 Å². The molecule has 23 heavy (non-hydrogen) atoms. The number of nitrogens with two attached hydrogens (primary N) is 1. The van der Waals surface area contributed by atoms with Gasteiger partial charge in [0.2, 0.25) is 0 Å². The summed E-state index contributed by atoms with van der Waals surface area (Å²) in [5.41, 5.74) is 7.27. The molecule has 0 spiro atoms. The third-order valence-electron chi connectivity index (χ3n) is 3.91. The van der Waals surface area contributed by atoms with Crippen molar-refractivity contribution < 1.29 is 9.53 Å². The highest BCUT2D eigenvalue weighted by molar-refractivity contribution is 7.10. The molecular formula is C17H21N3O2S. The first-order valence-corrected chi connectivity index (χ1v) is 8.64. The molecule has 1 fully saturated rings. The molecule has 0 radical (unpaired) electrons. The molecule has 1 saturated heterocycles. The molecular weight excluding hydrogens is 310 g/mol. The van der Waals surface area contributed by atoms with Crippen LogP contribution >= 0.6 is 11.3 Å². The topological polar surface area (TPSA) is 68.5 Å². The van der Waals surface area contributed by atoms with E-state index in [1.54, 1.807) is 17.4 Å². The summed E-state index contributed by atoms with van der Waals surface area (Å²) in [7, 11) is 0. The average molecular weight is 331 g/mol. The van der Waals surface area contributed by atoms with E-state index in [9.17, 15) is 4.79 Å². The third-order valence-corrected chi connectivity index (χ3v) is 5.14. The number of carbonyl (C=O) groups excluding carboxylic acids is 1. The van der Waals surface area contributed by atoms with Gasteiger partial charge in [-0.15, -0.1) is 11.3 Å². The summed E-state index contributed by atoms with van der Waals surface area (Å²) in [6.45, 7) is 5.88. The van der Waals surface area contributed by atoms with Crippen LogP contribution in [0.2, 0.25) is 0 Å². The van der Waals surface area contributed by atoms with Crippen molar-refractivity contribution in [2.75, 3.05) is 25.4 Å². The Balaban J connectivity index is 1.73. The second-order valence-electron chi connectivity index (χ2n) is 5.99.